The fraction of sp³-hybridized carbons (Fsp3) is 0. The Morgan fingerprint density at radius 3 is 2.58 bits per heavy atom. The second-order valence-corrected chi connectivity index (χ2v) is 4.34. The third kappa shape index (κ3) is 5.60. The molecule has 0 aliphatic rings. The van der Waals surface area contributed by atoms with Gasteiger partial charge in [0.2, 0.25) is 10.0 Å². The van der Waals surface area contributed by atoms with Crippen LogP contribution in [0.4, 0.5) is 0 Å². The van der Waals surface area contributed by atoms with E-state index in [-0.39, 0.29) is 51.4 Å². The maximum absolute atomic E-state index is 10.4. The van der Waals surface area contributed by atoms with Crippen LogP contribution in [-0.4, -0.2) is 59.8 Å². The zero-order chi connectivity index (χ0) is 8.32. The van der Waals surface area contributed by atoms with Gasteiger partial charge in [-0.2, -0.15) is 0 Å². The van der Waals surface area contributed by atoms with Crippen molar-refractivity contribution < 1.29 is 8.42 Å². The Kier molecular flexibility index (Phi) is 6.13. The summed E-state index contributed by atoms with van der Waals surface area (Å²) in [4.78, 5) is 0.874. The minimum Gasteiger partial charge on any atom is -0.225 e. The largest absolute Gasteiger partial charge is 0.231 e. The van der Waals surface area contributed by atoms with Gasteiger partial charge in [-0.05, 0) is 17.5 Å². The molecule has 0 fully saturated rings. The molecule has 61 valence electrons. The van der Waals surface area contributed by atoms with Crippen molar-refractivity contribution in [1.29, 1.82) is 0 Å². The molecule has 0 aliphatic heterocycles. The standard InChI is InChI=1S/C6H7NO2S2.K/c7-11(8,9)5-3-6-2-1-4-10-6;/h1-5H,(H2,7,8,9);. The first-order chi connectivity index (χ1) is 5.08. The SMILES string of the molecule is NS(=O)(=O)C=Cc1cccs1.[K]. The van der Waals surface area contributed by atoms with E-state index in [0.717, 1.165) is 10.3 Å². The molecule has 1 aromatic rings. The molecule has 0 atom stereocenters. The molecule has 1 radical (unpaired) electrons. The Bertz CT molecular complexity index is 342. The topological polar surface area (TPSA) is 60.2 Å². The summed E-state index contributed by atoms with van der Waals surface area (Å²) in [6, 6.07) is 3.65. The molecule has 0 aliphatic carbocycles. The van der Waals surface area contributed by atoms with Crippen LogP contribution >= 0.6 is 11.3 Å². The molecule has 1 rings (SSSR count). The van der Waals surface area contributed by atoms with E-state index in [4.69, 9.17) is 5.14 Å². The van der Waals surface area contributed by atoms with E-state index >= 15 is 0 Å². The number of hydrogen-bond acceptors (Lipinski definition) is 3. The summed E-state index contributed by atoms with van der Waals surface area (Å²) in [6.07, 6.45) is 1.47. The van der Waals surface area contributed by atoms with Gasteiger partial charge >= 0.3 is 0 Å². The molecule has 1 aromatic heterocycles. The molecule has 12 heavy (non-hydrogen) atoms. The summed E-state index contributed by atoms with van der Waals surface area (Å²) < 4.78 is 20.8. The Hall–Kier alpha value is 0.986. The van der Waals surface area contributed by atoms with E-state index in [1.807, 2.05) is 17.5 Å². The second kappa shape index (κ2) is 5.66. The number of hydrogen-bond donors (Lipinski definition) is 1. The molecular weight excluding hydrogens is 221 g/mol. The molecule has 0 unspecified atom stereocenters. The summed E-state index contributed by atoms with van der Waals surface area (Å²) >= 11 is 1.46. The number of rotatable bonds is 2. The van der Waals surface area contributed by atoms with Crippen LogP contribution in [0.2, 0.25) is 0 Å². The molecule has 1 heterocycles. The number of sulfonamides is 1. The molecule has 0 amide bonds. The van der Waals surface area contributed by atoms with E-state index in [0.29, 0.717) is 0 Å². The van der Waals surface area contributed by atoms with Gasteiger partial charge in [-0.25, -0.2) is 13.6 Å². The van der Waals surface area contributed by atoms with Gasteiger partial charge < -0.3 is 0 Å². The summed E-state index contributed by atoms with van der Waals surface area (Å²) in [5, 5.41) is 7.59. The van der Waals surface area contributed by atoms with E-state index in [9.17, 15) is 8.42 Å². The van der Waals surface area contributed by atoms with E-state index < -0.39 is 10.0 Å². The Balaban J connectivity index is 0.00000121. The van der Waals surface area contributed by atoms with Crippen molar-refractivity contribution in [3.63, 3.8) is 0 Å². The zero-order valence-electron chi connectivity index (χ0n) is 6.60. The molecule has 0 aromatic carbocycles. The first-order valence-corrected chi connectivity index (χ1v) is 5.31. The van der Waals surface area contributed by atoms with E-state index in [1.54, 1.807) is 0 Å². The van der Waals surface area contributed by atoms with Crippen molar-refractivity contribution >= 4 is 78.8 Å². The molecular formula is C6H7KNO2S2. The van der Waals surface area contributed by atoms with Crippen molar-refractivity contribution in [3.05, 3.63) is 27.8 Å². The number of nitrogens with two attached hydrogens (primary N) is 1. The Morgan fingerprint density at radius 1 is 1.50 bits per heavy atom. The van der Waals surface area contributed by atoms with Gasteiger partial charge in [0.15, 0.2) is 0 Å². The van der Waals surface area contributed by atoms with Gasteiger partial charge in [0.1, 0.15) is 0 Å². The maximum atomic E-state index is 10.4. The van der Waals surface area contributed by atoms with E-state index in [2.05, 4.69) is 0 Å². The van der Waals surface area contributed by atoms with Crippen molar-refractivity contribution in [2.75, 3.05) is 0 Å². The van der Waals surface area contributed by atoms with Gasteiger partial charge in [-0.1, -0.05) is 6.07 Å². The quantitative estimate of drug-likeness (QED) is 0.755. The average molecular weight is 228 g/mol. The minimum absolute atomic E-state index is 0. The number of thiophene rings is 1. The first kappa shape index (κ1) is 13.0. The fourth-order valence-electron chi connectivity index (χ4n) is 0.548. The monoisotopic (exact) mass is 228 g/mol. The van der Waals surface area contributed by atoms with Gasteiger partial charge in [0, 0.05) is 61.7 Å². The fourth-order valence-corrected chi connectivity index (χ4v) is 1.59. The van der Waals surface area contributed by atoms with Crippen LogP contribution in [0.5, 0.6) is 0 Å². The summed E-state index contributed by atoms with van der Waals surface area (Å²) in [5.41, 5.74) is 0. The zero-order valence-corrected chi connectivity index (χ0v) is 11.4. The third-order valence-electron chi connectivity index (χ3n) is 0.965. The van der Waals surface area contributed by atoms with Crippen LogP contribution in [0.1, 0.15) is 4.88 Å². The predicted molar refractivity (Wildman–Crippen MR) is 52.2 cm³/mol. The first-order valence-electron chi connectivity index (χ1n) is 2.82. The summed E-state index contributed by atoms with van der Waals surface area (Å²) in [6.45, 7) is 0. The van der Waals surface area contributed by atoms with Crippen molar-refractivity contribution in [2.24, 2.45) is 5.14 Å². The normalized spacial score (nSPS) is 11.4. The van der Waals surface area contributed by atoms with E-state index in [1.165, 1.54) is 17.4 Å². The molecule has 0 saturated carbocycles. The molecule has 3 nitrogen and oxygen atoms in total. The summed E-state index contributed by atoms with van der Waals surface area (Å²) in [7, 11) is -3.47. The summed E-state index contributed by atoms with van der Waals surface area (Å²) in [5.74, 6) is 0. The second-order valence-electron chi connectivity index (χ2n) is 1.91. The minimum atomic E-state index is -3.47. The van der Waals surface area contributed by atoms with Gasteiger partial charge in [0.05, 0.1) is 0 Å². The molecule has 6 heteroatoms. The molecule has 2 N–H and O–H groups in total. The van der Waals surface area contributed by atoms with Crippen LogP contribution in [0.25, 0.3) is 6.08 Å². The average Bonchev–Trinajstić information content (AvgIpc) is 2.32. The molecule has 0 saturated heterocycles. The third-order valence-corrected chi connectivity index (χ3v) is 2.32. The van der Waals surface area contributed by atoms with Gasteiger partial charge in [-0.3, -0.25) is 0 Å². The van der Waals surface area contributed by atoms with Crippen molar-refractivity contribution in [3.8, 4) is 0 Å². The Morgan fingerprint density at radius 2 is 2.17 bits per heavy atom. The van der Waals surface area contributed by atoms with Crippen molar-refractivity contribution in [1.82, 2.24) is 0 Å². The predicted octanol–water partition coefficient (Wildman–Crippen LogP) is 0.627. The molecule has 0 spiro atoms. The van der Waals surface area contributed by atoms with Crippen LogP contribution in [0, 0.1) is 0 Å². The Labute approximate surface area is 118 Å². The van der Waals surface area contributed by atoms with Crippen LogP contribution in [-0.2, 0) is 10.0 Å². The smallest absolute Gasteiger partial charge is 0.225 e. The number of primary sulfonamides is 1. The van der Waals surface area contributed by atoms with Crippen LogP contribution in [0.15, 0.2) is 22.9 Å². The van der Waals surface area contributed by atoms with Crippen LogP contribution in [0.3, 0.4) is 0 Å². The van der Waals surface area contributed by atoms with Crippen molar-refractivity contribution in [2.45, 2.75) is 0 Å². The van der Waals surface area contributed by atoms with Gasteiger partial charge in [0.25, 0.3) is 0 Å². The van der Waals surface area contributed by atoms with Gasteiger partial charge in [-0.15, -0.1) is 11.3 Å². The maximum Gasteiger partial charge on any atom is 0.231 e. The van der Waals surface area contributed by atoms with Crippen LogP contribution < -0.4 is 5.14 Å². The molecule has 0 bridgehead atoms.